The van der Waals surface area contributed by atoms with Gasteiger partial charge in [-0.2, -0.15) is 0 Å². The lowest BCUT2D eigenvalue weighted by atomic mass is 9.87. The third-order valence-electron chi connectivity index (χ3n) is 4.59. The summed E-state index contributed by atoms with van der Waals surface area (Å²) >= 11 is 0. The van der Waals surface area contributed by atoms with Gasteiger partial charge in [-0.05, 0) is 36.5 Å². The molecule has 0 bridgehead atoms. The third kappa shape index (κ3) is 4.14. The summed E-state index contributed by atoms with van der Waals surface area (Å²) < 4.78 is 26.1. The van der Waals surface area contributed by atoms with E-state index >= 15 is 0 Å². The maximum atomic E-state index is 13.2. The number of carbonyl (C=O) groups excluding carboxylic acids is 1. The molecule has 25 heavy (non-hydrogen) atoms. The number of halogens is 2. The minimum atomic E-state index is -0.998. The maximum Gasteiger partial charge on any atom is 0.321 e. The van der Waals surface area contributed by atoms with Gasteiger partial charge < -0.3 is 15.3 Å². The minimum absolute atomic E-state index is 0.0923. The molecule has 2 amide bonds. The highest BCUT2D eigenvalue weighted by Gasteiger charge is 2.28. The Bertz CT molecular complexity index is 731. The normalized spacial score (nSPS) is 16.5. The number of carbonyl (C=O) groups is 1. The van der Waals surface area contributed by atoms with E-state index in [1.54, 1.807) is 4.90 Å². The van der Waals surface area contributed by atoms with Crippen molar-refractivity contribution in [2.75, 3.05) is 18.4 Å². The van der Waals surface area contributed by atoms with E-state index in [-0.39, 0.29) is 17.6 Å². The van der Waals surface area contributed by atoms with Crippen LogP contribution in [0.5, 0.6) is 0 Å². The number of benzene rings is 2. The average Bonchev–Trinajstić information content (AvgIpc) is 2.65. The average molecular weight is 346 g/mol. The molecule has 2 N–H and O–H groups in total. The van der Waals surface area contributed by atoms with Crippen LogP contribution in [0.3, 0.4) is 0 Å². The van der Waals surface area contributed by atoms with Gasteiger partial charge in [0.05, 0.1) is 6.10 Å². The van der Waals surface area contributed by atoms with Gasteiger partial charge in [-0.15, -0.1) is 0 Å². The maximum absolute atomic E-state index is 13.2. The van der Waals surface area contributed by atoms with Gasteiger partial charge in [0.1, 0.15) is 0 Å². The van der Waals surface area contributed by atoms with Crippen LogP contribution in [-0.2, 0) is 0 Å². The Labute approximate surface area is 145 Å². The van der Waals surface area contributed by atoms with Crippen LogP contribution in [0.2, 0.25) is 0 Å². The summed E-state index contributed by atoms with van der Waals surface area (Å²) in [6.07, 6.45) is 0.820. The Morgan fingerprint density at radius 1 is 1.08 bits per heavy atom. The second-order valence-electron chi connectivity index (χ2n) is 6.24. The van der Waals surface area contributed by atoms with Crippen LogP contribution in [-0.4, -0.2) is 29.1 Å². The van der Waals surface area contributed by atoms with Gasteiger partial charge in [-0.25, -0.2) is 13.6 Å². The van der Waals surface area contributed by atoms with E-state index in [2.05, 4.69) is 5.32 Å². The number of amides is 2. The van der Waals surface area contributed by atoms with Crippen LogP contribution in [0.15, 0.2) is 48.5 Å². The molecule has 3 rings (SSSR count). The summed E-state index contributed by atoms with van der Waals surface area (Å²) in [7, 11) is 0. The topological polar surface area (TPSA) is 52.6 Å². The van der Waals surface area contributed by atoms with Crippen LogP contribution in [0.1, 0.15) is 24.5 Å². The van der Waals surface area contributed by atoms with Gasteiger partial charge in [0.25, 0.3) is 0 Å². The van der Waals surface area contributed by atoms with Gasteiger partial charge >= 0.3 is 6.03 Å². The number of anilines is 1. The number of aliphatic hydroxyl groups excluding tert-OH is 1. The Hall–Kier alpha value is -2.47. The zero-order chi connectivity index (χ0) is 17.8. The summed E-state index contributed by atoms with van der Waals surface area (Å²) in [6.45, 7) is 1.01. The van der Waals surface area contributed by atoms with Crippen LogP contribution < -0.4 is 5.32 Å². The zero-order valence-corrected chi connectivity index (χ0v) is 13.7. The third-order valence-corrected chi connectivity index (χ3v) is 4.59. The number of rotatable bonds is 3. The molecule has 6 heteroatoms. The number of urea groups is 1. The molecule has 1 aliphatic heterocycles. The molecule has 2 aromatic carbocycles. The Balaban J connectivity index is 1.54. The monoisotopic (exact) mass is 346 g/mol. The van der Waals surface area contributed by atoms with Crippen molar-refractivity contribution < 1.29 is 18.7 Å². The Kier molecular flexibility index (Phi) is 5.28. The molecule has 0 aliphatic carbocycles. The summed E-state index contributed by atoms with van der Waals surface area (Å²) in [4.78, 5) is 13.9. The summed E-state index contributed by atoms with van der Waals surface area (Å²) in [6, 6.07) is 12.4. The first-order valence-corrected chi connectivity index (χ1v) is 8.28. The molecule has 1 saturated heterocycles. The fourth-order valence-corrected chi connectivity index (χ4v) is 3.12. The molecule has 1 heterocycles. The van der Waals surface area contributed by atoms with Crippen molar-refractivity contribution in [3.05, 3.63) is 65.7 Å². The molecule has 1 atom stereocenters. The van der Waals surface area contributed by atoms with Crippen molar-refractivity contribution in [2.24, 2.45) is 5.92 Å². The standard InChI is InChI=1S/C19H20F2N2O2/c20-16-7-6-15(12-17(16)21)22-19(25)23-10-8-14(9-11-23)18(24)13-4-2-1-3-5-13/h1-7,12,14,18,24H,8-11H2,(H,22,25). The number of likely N-dealkylation sites (tertiary alicyclic amines) is 1. The van der Waals surface area contributed by atoms with E-state index in [0.717, 1.165) is 17.7 Å². The number of aliphatic hydroxyl groups is 1. The molecule has 1 unspecified atom stereocenters. The first-order valence-electron chi connectivity index (χ1n) is 8.28. The van der Waals surface area contributed by atoms with Crippen LogP contribution in [0.4, 0.5) is 19.3 Å². The Morgan fingerprint density at radius 3 is 2.40 bits per heavy atom. The van der Waals surface area contributed by atoms with E-state index in [4.69, 9.17) is 0 Å². The van der Waals surface area contributed by atoms with Gasteiger partial charge in [0.2, 0.25) is 0 Å². The lowest BCUT2D eigenvalue weighted by Crippen LogP contribution is -2.42. The second kappa shape index (κ2) is 7.61. The quantitative estimate of drug-likeness (QED) is 0.884. The van der Waals surface area contributed by atoms with Crippen LogP contribution in [0, 0.1) is 17.6 Å². The molecule has 2 aromatic rings. The van der Waals surface area contributed by atoms with E-state index < -0.39 is 17.7 Å². The van der Waals surface area contributed by atoms with Gasteiger partial charge in [0.15, 0.2) is 11.6 Å². The van der Waals surface area contributed by atoms with E-state index in [9.17, 15) is 18.7 Å². The summed E-state index contributed by atoms with van der Waals surface area (Å²) in [5.41, 5.74) is 1.10. The SMILES string of the molecule is O=C(Nc1ccc(F)c(F)c1)N1CCC(C(O)c2ccccc2)CC1. The number of nitrogens with one attached hydrogen (secondary N) is 1. The first-order chi connectivity index (χ1) is 12.0. The molecule has 4 nitrogen and oxygen atoms in total. The number of hydrogen-bond acceptors (Lipinski definition) is 2. The van der Waals surface area contributed by atoms with Crippen molar-refractivity contribution in [3.8, 4) is 0 Å². The van der Waals surface area contributed by atoms with Crippen molar-refractivity contribution >= 4 is 11.7 Å². The molecule has 132 valence electrons. The predicted molar refractivity (Wildman–Crippen MR) is 91.1 cm³/mol. The molecule has 1 fully saturated rings. The number of piperidine rings is 1. The highest BCUT2D eigenvalue weighted by Crippen LogP contribution is 2.30. The van der Waals surface area contributed by atoms with Gasteiger partial charge in [-0.3, -0.25) is 0 Å². The second-order valence-corrected chi connectivity index (χ2v) is 6.24. The molecule has 0 saturated carbocycles. The van der Waals surface area contributed by atoms with Crippen molar-refractivity contribution in [1.82, 2.24) is 4.90 Å². The molecule has 0 spiro atoms. The Morgan fingerprint density at radius 2 is 1.76 bits per heavy atom. The molecule has 0 aromatic heterocycles. The smallest absolute Gasteiger partial charge is 0.321 e. The van der Waals surface area contributed by atoms with Crippen molar-refractivity contribution in [2.45, 2.75) is 18.9 Å². The highest BCUT2D eigenvalue weighted by atomic mass is 19.2. The fourth-order valence-electron chi connectivity index (χ4n) is 3.12. The van der Waals surface area contributed by atoms with Gasteiger partial charge in [0, 0.05) is 24.8 Å². The van der Waals surface area contributed by atoms with Crippen LogP contribution >= 0.6 is 0 Å². The number of nitrogens with zero attached hydrogens (tertiary/aromatic N) is 1. The molecular formula is C19H20F2N2O2. The summed E-state index contributed by atoms with van der Waals surface area (Å²) in [5, 5.41) is 13.0. The largest absolute Gasteiger partial charge is 0.388 e. The van der Waals surface area contributed by atoms with E-state index in [0.29, 0.717) is 25.9 Å². The molecule has 1 aliphatic rings. The van der Waals surface area contributed by atoms with Crippen LogP contribution in [0.25, 0.3) is 0 Å². The van der Waals surface area contributed by atoms with Crippen molar-refractivity contribution in [1.29, 1.82) is 0 Å². The fraction of sp³-hybridized carbons (Fsp3) is 0.316. The number of hydrogen-bond donors (Lipinski definition) is 2. The predicted octanol–water partition coefficient (Wildman–Crippen LogP) is 3.94. The molecular weight excluding hydrogens is 326 g/mol. The van der Waals surface area contributed by atoms with Gasteiger partial charge in [-0.1, -0.05) is 30.3 Å². The van der Waals surface area contributed by atoms with E-state index in [1.165, 1.54) is 6.07 Å². The molecule has 0 radical (unpaired) electrons. The summed E-state index contributed by atoms with van der Waals surface area (Å²) in [5.74, 6) is -1.86. The minimum Gasteiger partial charge on any atom is -0.388 e. The first kappa shape index (κ1) is 17.4. The van der Waals surface area contributed by atoms with E-state index in [1.807, 2.05) is 30.3 Å². The lowest BCUT2D eigenvalue weighted by molar-refractivity contribution is 0.0683. The van der Waals surface area contributed by atoms with Crippen molar-refractivity contribution in [3.63, 3.8) is 0 Å². The zero-order valence-electron chi connectivity index (χ0n) is 13.7. The highest BCUT2D eigenvalue weighted by molar-refractivity contribution is 5.89. The lowest BCUT2D eigenvalue weighted by Gasteiger charge is -2.34.